The maximum Gasteiger partial charge on any atom is 0.141 e. The van der Waals surface area contributed by atoms with E-state index in [1.165, 1.54) is 34.9 Å². The Morgan fingerprint density at radius 2 is 2.15 bits per heavy atom. The number of likely N-dealkylation sites (tertiary alicyclic amines) is 1. The van der Waals surface area contributed by atoms with Gasteiger partial charge in [0.1, 0.15) is 11.5 Å². The fraction of sp³-hybridized carbons (Fsp3) is 0.500. The maximum atomic E-state index is 5.58. The SMILES string of the molecule is CCc1onc(C)c1C1CCCN1Cc1cn(CC)c2ccc(OC)cc12. The molecule has 0 radical (unpaired) electrons. The molecule has 0 aliphatic carbocycles. The fourth-order valence-corrected chi connectivity index (χ4v) is 4.53. The normalized spacial score (nSPS) is 17.9. The van der Waals surface area contributed by atoms with Crippen molar-refractivity contribution in [1.29, 1.82) is 0 Å². The van der Waals surface area contributed by atoms with Gasteiger partial charge in [-0.3, -0.25) is 4.90 Å². The van der Waals surface area contributed by atoms with Gasteiger partial charge in [0.25, 0.3) is 0 Å². The minimum atomic E-state index is 0.400. The highest BCUT2D eigenvalue weighted by molar-refractivity contribution is 5.85. The van der Waals surface area contributed by atoms with Crippen LogP contribution >= 0.6 is 0 Å². The first-order valence-electron chi connectivity index (χ1n) is 10.0. The highest BCUT2D eigenvalue weighted by Crippen LogP contribution is 2.38. The molecule has 27 heavy (non-hydrogen) atoms. The summed E-state index contributed by atoms with van der Waals surface area (Å²) in [5, 5.41) is 5.53. The van der Waals surface area contributed by atoms with E-state index in [1.807, 2.05) is 6.07 Å². The summed E-state index contributed by atoms with van der Waals surface area (Å²) in [5.41, 5.74) is 5.00. The number of rotatable bonds is 6. The molecule has 0 amide bonds. The van der Waals surface area contributed by atoms with E-state index in [2.05, 4.69) is 53.7 Å². The predicted molar refractivity (Wildman–Crippen MR) is 107 cm³/mol. The van der Waals surface area contributed by atoms with Crippen LogP contribution in [0.2, 0.25) is 0 Å². The molecule has 144 valence electrons. The van der Waals surface area contributed by atoms with E-state index >= 15 is 0 Å². The van der Waals surface area contributed by atoms with Gasteiger partial charge in [0.2, 0.25) is 0 Å². The summed E-state index contributed by atoms with van der Waals surface area (Å²) in [4.78, 5) is 2.59. The van der Waals surface area contributed by atoms with Gasteiger partial charge in [-0.1, -0.05) is 12.1 Å². The monoisotopic (exact) mass is 367 g/mol. The largest absolute Gasteiger partial charge is 0.497 e. The van der Waals surface area contributed by atoms with Crippen molar-refractivity contribution in [2.24, 2.45) is 0 Å². The zero-order chi connectivity index (χ0) is 19.0. The Balaban J connectivity index is 1.69. The van der Waals surface area contributed by atoms with Crippen LogP contribution in [0.15, 0.2) is 28.9 Å². The number of hydrogen-bond acceptors (Lipinski definition) is 4. The van der Waals surface area contributed by atoms with Crippen molar-refractivity contribution in [3.8, 4) is 5.75 Å². The number of methoxy groups -OCH3 is 1. The van der Waals surface area contributed by atoms with Gasteiger partial charge < -0.3 is 13.8 Å². The van der Waals surface area contributed by atoms with Gasteiger partial charge in [-0.05, 0) is 57.0 Å². The molecule has 1 aromatic carbocycles. The lowest BCUT2D eigenvalue weighted by Gasteiger charge is -2.24. The standard InChI is InChI=1S/C22H29N3O2/c1-5-21-22(15(3)23-27-21)20-8-7-11-25(20)14-16-13-24(6-2)19-10-9-17(26-4)12-18(16)19/h9-10,12-13,20H,5-8,11,14H2,1-4H3. The molecular weight excluding hydrogens is 338 g/mol. The first kappa shape index (κ1) is 18.1. The van der Waals surface area contributed by atoms with Crippen molar-refractivity contribution in [2.75, 3.05) is 13.7 Å². The van der Waals surface area contributed by atoms with Gasteiger partial charge >= 0.3 is 0 Å². The number of hydrogen-bond donors (Lipinski definition) is 0. The molecule has 1 aliphatic rings. The quantitative estimate of drug-likeness (QED) is 0.624. The zero-order valence-corrected chi connectivity index (χ0v) is 16.8. The Morgan fingerprint density at radius 1 is 1.30 bits per heavy atom. The lowest BCUT2D eigenvalue weighted by molar-refractivity contribution is 0.245. The van der Waals surface area contributed by atoms with Crippen molar-refractivity contribution in [3.63, 3.8) is 0 Å². The van der Waals surface area contributed by atoms with E-state index in [1.54, 1.807) is 7.11 Å². The molecule has 1 unspecified atom stereocenters. The van der Waals surface area contributed by atoms with Crippen LogP contribution in [0.4, 0.5) is 0 Å². The summed E-state index contributed by atoms with van der Waals surface area (Å²) in [7, 11) is 1.73. The Bertz CT molecular complexity index is 941. The van der Waals surface area contributed by atoms with E-state index in [0.29, 0.717) is 6.04 Å². The fourth-order valence-electron chi connectivity index (χ4n) is 4.53. The van der Waals surface area contributed by atoms with Crippen molar-refractivity contribution in [2.45, 2.75) is 59.2 Å². The Hall–Kier alpha value is -2.27. The average Bonchev–Trinajstić information content (AvgIpc) is 3.38. The summed E-state index contributed by atoms with van der Waals surface area (Å²) in [6, 6.07) is 6.79. The van der Waals surface area contributed by atoms with Crippen LogP contribution in [0.3, 0.4) is 0 Å². The van der Waals surface area contributed by atoms with Crippen LogP contribution in [-0.4, -0.2) is 28.3 Å². The van der Waals surface area contributed by atoms with Crippen LogP contribution in [0.1, 0.15) is 55.3 Å². The van der Waals surface area contributed by atoms with E-state index in [0.717, 1.165) is 43.3 Å². The summed E-state index contributed by atoms with van der Waals surface area (Å²) >= 11 is 0. The Morgan fingerprint density at radius 3 is 2.89 bits per heavy atom. The van der Waals surface area contributed by atoms with E-state index < -0.39 is 0 Å². The van der Waals surface area contributed by atoms with Crippen molar-refractivity contribution >= 4 is 10.9 Å². The Labute approximate surface area is 160 Å². The summed E-state index contributed by atoms with van der Waals surface area (Å²) < 4.78 is 13.4. The van der Waals surface area contributed by atoms with Gasteiger partial charge in [-0.15, -0.1) is 0 Å². The molecule has 1 aliphatic heterocycles. The first-order chi connectivity index (χ1) is 13.2. The number of ether oxygens (including phenoxy) is 1. The molecule has 0 N–H and O–H groups in total. The van der Waals surface area contributed by atoms with Crippen LogP contribution in [-0.2, 0) is 19.5 Å². The summed E-state index contributed by atoms with van der Waals surface area (Å²) in [5.74, 6) is 1.96. The zero-order valence-electron chi connectivity index (χ0n) is 16.8. The van der Waals surface area contributed by atoms with Gasteiger partial charge in [0.15, 0.2) is 0 Å². The van der Waals surface area contributed by atoms with Gasteiger partial charge in [0.05, 0.1) is 12.8 Å². The molecule has 3 aromatic rings. The number of fused-ring (bicyclic) bond motifs is 1. The molecule has 5 heteroatoms. The Kier molecular flexibility index (Phi) is 4.96. The third-order valence-electron chi connectivity index (χ3n) is 5.89. The lowest BCUT2D eigenvalue weighted by Crippen LogP contribution is -2.23. The van der Waals surface area contributed by atoms with E-state index in [-0.39, 0.29) is 0 Å². The molecule has 0 bridgehead atoms. The third-order valence-corrected chi connectivity index (χ3v) is 5.89. The molecule has 1 saturated heterocycles. The molecule has 5 nitrogen and oxygen atoms in total. The third kappa shape index (κ3) is 3.14. The molecule has 3 heterocycles. The van der Waals surface area contributed by atoms with E-state index in [9.17, 15) is 0 Å². The second-order valence-electron chi connectivity index (χ2n) is 7.41. The van der Waals surface area contributed by atoms with Gasteiger partial charge in [0, 0.05) is 48.2 Å². The highest BCUT2D eigenvalue weighted by Gasteiger charge is 2.31. The second-order valence-corrected chi connectivity index (χ2v) is 7.41. The summed E-state index contributed by atoms with van der Waals surface area (Å²) in [6.45, 7) is 9.43. The minimum absolute atomic E-state index is 0.400. The molecule has 0 saturated carbocycles. The molecule has 2 aromatic heterocycles. The van der Waals surface area contributed by atoms with E-state index in [4.69, 9.17) is 9.26 Å². The number of benzene rings is 1. The topological polar surface area (TPSA) is 43.4 Å². The molecule has 0 spiro atoms. The molecule has 1 atom stereocenters. The molecule has 4 rings (SSSR count). The molecular formula is C22H29N3O2. The van der Waals surface area contributed by atoms with Crippen molar-refractivity contribution < 1.29 is 9.26 Å². The van der Waals surface area contributed by atoms with Crippen LogP contribution in [0.5, 0.6) is 5.75 Å². The smallest absolute Gasteiger partial charge is 0.141 e. The number of aromatic nitrogens is 2. The van der Waals surface area contributed by atoms with Crippen LogP contribution < -0.4 is 4.74 Å². The van der Waals surface area contributed by atoms with Crippen molar-refractivity contribution in [1.82, 2.24) is 14.6 Å². The second kappa shape index (κ2) is 7.39. The van der Waals surface area contributed by atoms with Crippen LogP contribution in [0, 0.1) is 6.92 Å². The highest BCUT2D eigenvalue weighted by atomic mass is 16.5. The molecule has 1 fully saturated rings. The minimum Gasteiger partial charge on any atom is -0.497 e. The van der Waals surface area contributed by atoms with Gasteiger partial charge in [-0.2, -0.15) is 0 Å². The summed E-state index contributed by atoms with van der Waals surface area (Å²) in [6.07, 6.45) is 5.59. The predicted octanol–water partition coefficient (Wildman–Crippen LogP) is 4.87. The first-order valence-corrected chi connectivity index (χ1v) is 10.0. The average molecular weight is 367 g/mol. The number of aryl methyl sites for hydroxylation is 3. The van der Waals surface area contributed by atoms with Crippen LogP contribution in [0.25, 0.3) is 10.9 Å². The van der Waals surface area contributed by atoms with Crippen molar-refractivity contribution in [3.05, 3.63) is 47.0 Å². The lowest BCUT2D eigenvalue weighted by atomic mass is 10.0. The maximum absolute atomic E-state index is 5.58. The number of nitrogens with zero attached hydrogens (tertiary/aromatic N) is 3. The van der Waals surface area contributed by atoms with Gasteiger partial charge in [-0.25, -0.2) is 0 Å².